The van der Waals surface area contributed by atoms with Crippen LogP contribution < -0.4 is 11.1 Å². The van der Waals surface area contributed by atoms with E-state index in [0.717, 1.165) is 17.7 Å². The Kier molecular flexibility index (Phi) is 3.66. The van der Waals surface area contributed by atoms with Gasteiger partial charge >= 0.3 is 5.97 Å². The highest BCUT2D eigenvalue weighted by atomic mass is 19.1. The monoisotopic (exact) mass is 260 g/mol. The molecule has 5 heteroatoms. The van der Waals surface area contributed by atoms with E-state index in [0.29, 0.717) is 12.2 Å². The highest BCUT2D eigenvalue weighted by Gasteiger charge is 2.13. The molecule has 2 aromatic carbocycles. The van der Waals surface area contributed by atoms with Gasteiger partial charge in [0.1, 0.15) is 5.82 Å². The molecule has 2 rings (SSSR count). The SMILES string of the molecule is Nc1cc(C(=O)O)c(F)cc1NCc1ccccc1. The van der Waals surface area contributed by atoms with Gasteiger partial charge in [0, 0.05) is 6.54 Å². The molecule has 0 aliphatic rings. The fourth-order valence-electron chi connectivity index (χ4n) is 1.70. The lowest BCUT2D eigenvalue weighted by Gasteiger charge is -2.10. The molecule has 98 valence electrons. The highest BCUT2D eigenvalue weighted by molar-refractivity contribution is 5.90. The lowest BCUT2D eigenvalue weighted by Crippen LogP contribution is -2.07. The van der Waals surface area contributed by atoms with E-state index >= 15 is 0 Å². The molecule has 0 saturated carbocycles. The number of anilines is 2. The normalized spacial score (nSPS) is 10.2. The Bertz CT molecular complexity index is 600. The molecular formula is C14H13FN2O2. The predicted molar refractivity (Wildman–Crippen MR) is 71.5 cm³/mol. The summed E-state index contributed by atoms with van der Waals surface area (Å²) in [5.74, 6) is -2.14. The summed E-state index contributed by atoms with van der Waals surface area (Å²) in [7, 11) is 0. The van der Waals surface area contributed by atoms with Gasteiger partial charge in [0.15, 0.2) is 0 Å². The molecule has 0 fully saturated rings. The molecule has 0 aromatic heterocycles. The average Bonchev–Trinajstić information content (AvgIpc) is 2.40. The van der Waals surface area contributed by atoms with Crippen molar-refractivity contribution in [1.29, 1.82) is 0 Å². The molecule has 4 N–H and O–H groups in total. The van der Waals surface area contributed by atoms with Crippen molar-refractivity contribution in [3.63, 3.8) is 0 Å². The van der Waals surface area contributed by atoms with Crippen LogP contribution in [-0.2, 0) is 6.54 Å². The molecule has 0 aliphatic heterocycles. The Morgan fingerprint density at radius 2 is 1.95 bits per heavy atom. The fourth-order valence-corrected chi connectivity index (χ4v) is 1.70. The van der Waals surface area contributed by atoms with Gasteiger partial charge in [0.2, 0.25) is 0 Å². The molecule has 4 nitrogen and oxygen atoms in total. The fraction of sp³-hybridized carbons (Fsp3) is 0.0714. The summed E-state index contributed by atoms with van der Waals surface area (Å²) in [6.45, 7) is 0.483. The summed E-state index contributed by atoms with van der Waals surface area (Å²) in [5.41, 5.74) is 6.87. The Balaban J connectivity index is 2.17. The first-order valence-corrected chi connectivity index (χ1v) is 5.68. The van der Waals surface area contributed by atoms with Gasteiger partial charge in [-0.2, -0.15) is 0 Å². The van der Waals surface area contributed by atoms with Crippen molar-refractivity contribution >= 4 is 17.3 Å². The molecular weight excluding hydrogens is 247 g/mol. The second-order valence-corrected chi connectivity index (χ2v) is 4.06. The molecule has 0 saturated heterocycles. The number of carboxylic acid groups (broad SMARTS) is 1. The Morgan fingerprint density at radius 1 is 1.26 bits per heavy atom. The number of rotatable bonds is 4. The molecule has 0 radical (unpaired) electrons. The lowest BCUT2D eigenvalue weighted by molar-refractivity contribution is 0.0692. The third kappa shape index (κ3) is 3.01. The molecule has 0 amide bonds. The van der Waals surface area contributed by atoms with Gasteiger partial charge in [-0.25, -0.2) is 9.18 Å². The topological polar surface area (TPSA) is 75.4 Å². The first-order chi connectivity index (χ1) is 9.08. The number of hydrogen-bond acceptors (Lipinski definition) is 3. The number of halogens is 1. The average molecular weight is 260 g/mol. The van der Waals surface area contributed by atoms with Crippen LogP contribution in [0.15, 0.2) is 42.5 Å². The number of benzene rings is 2. The highest BCUT2D eigenvalue weighted by Crippen LogP contribution is 2.23. The maximum absolute atomic E-state index is 13.5. The van der Waals surface area contributed by atoms with E-state index in [2.05, 4.69) is 5.32 Å². The Hall–Kier alpha value is -2.56. The summed E-state index contributed by atoms with van der Waals surface area (Å²) in [4.78, 5) is 10.7. The molecule has 2 aromatic rings. The van der Waals surface area contributed by atoms with E-state index in [-0.39, 0.29) is 5.69 Å². The Labute approximate surface area is 109 Å². The van der Waals surface area contributed by atoms with Gasteiger partial charge in [-0.3, -0.25) is 0 Å². The molecule has 0 atom stereocenters. The van der Waals surface area contributed by atoms with E-state index in [1.807, 2.05) is 30.3 Å². The van der Waals surface area contributed by atoms with Crippen molar-refractivity contribution < 1.29 is 14.3 Å². The number of nitrogen functional groups attached to an aromatic ring is 1. The van der Waals surface area contributed by atoms with Crippen molar-refractivity contribution in [2.75, 3.05) is 11.1 Å². The van der Waals surface area contributed by atoms with Crippen molar-refractivity contribution in [2.24, 2.45) is 0 Å². The second-order valence-electron chi connectivity index (χ2n) is 4.06. The molecule has 0 bridgehead atoms. The third-order valence-electron chi connectivity index (χ3n) is 2.70. The maximum atomic E-state index is 13.5. The third-order valence-corrected chi connectivity index (χ3v) is 2.70. The van der Waals surface area contributed by atoms with Crippen LogP contribution in [0.25, 0.3) is 0 Å². The molecule has 0 spiro atoms. The molecule has 0 aliphatic carbocycles. The van der Waals surface area contributed by atoms with Crippen LogP contribution in [0, 0.1) is 5.82 Å². The van der Waals surface area contributed by atoms with Crippen molar-refractivity contribution in [1.82, 2.24) is 0 Å². The van der Waals surface area contributed by atoms with Gasteiger partial charge < -0.3 is 16.2 Å². The second kappa shape index (κ2) is 5.39. The predicted octanol–water partition coefficient (Wildman–Crippen LogP) is 2.72. The minimum atomic E-state index is -1.33. The number of carboxylic acids is 1. The van der Waals surface area contributed by atoms with E-state index in [9.17, 15) is 9.18 Å². The first-order valence-electron chi connectivity index (χ1n) is 5.68. The first kappa shape index (κ1) is 12.9. The van der Waals surface area contributed by atoms with Crippen molar-refractivity contribution in [3.8, 4) is 0 Å². The standard InChI is InChI=1S/C14H13FN2O2/c15-11-7-13(12(16)6-10(11)14(18)19)17-8-9-4-2-1-3-5-9/h1-7,17H,8,16H2,(H,18,19). The lowest BCUT2D eigenvalue weighted by atomic mass is 10.1. The largest absolute Gasteiger partial charge is 0.478 e. The van der Waals surface area contributed by atoms with Crippen LogP contribution in [0.1, 0.15) is 15.9 Å². The summed E-state index contributed by atoms with van der Waals surface area (Å²) in [5, 5.41) is 11.8. The summed E-state index contributed by atoms with van der Waals surface area (Å²) in [6.07, 6.45) is 0. The maximum Gasteiger partial charge on any atom is 0.338 e. The number of carbonyl (C=O) groups is 1. The van der Waals surface area contributed by atoms with Crippen LogP contribution in [0.4, 0.5) is 15.8 Å². The quantitative estimate of drug-likeness (QED) is 0.739. The summed E-state index contributed by atoms with van der Waals surface area (Å²) < 4.78 is 13.5. The van der Waals surface area contributed by atoms with Crippen molar-refractivity contribution in [3.05, 3.63) is 59.4 Å². The van der Waals surface area contributed by atoms with Gasteiger partial charge in [-0.15, -0.1) is 0 Å². The van der Waals surface area contributed by atoms with E-state index in [1.54, 1.807) is 0 Å². The van der Waals surface area contributed by atoms with Gasteiger partial charge in [0.05, 0.1) is 16.9 Å². The zero-order valence-corrected chi connectivity index (χ0v) is 10.1. The minimum Gasteiger partial charge on any atom is -0.478 e. The van der Waals surface area contributed by atoms with Crippen LogP contribution in [0.5, 0.6) is 0 Å². The number of hydrogen-bond donors (Lipinski definition) is 3. The smallest absolute Gasteiger partial charge is 0.338 e. The Morgan fingerprint density at radius 3 is 2.58 bits per heavy atom. The number of nitrogens with one attached hydrogen (secondary N) is 1. The zero-order valence-electron chi connectivity index (χ0n) is 10.1. The van der Waals surface area contributed by atoms with Gasteiger partial charge in [-0.1, -0.05) is 30.3 Å². The van der Waals surface area contributed by atoms with E-state index in [4.69, 9.17) is 10.8 Å². The number of nitrogens with two attached hydrogens (primary N) is 1. The summed E-state index contributed by atoms with van der Waals surface area (Å²) in [6, 6.07) is 11.8. The minimum absolute atomic E-state index is 0.203. The number of aromatic carboxylic acids is 1. The van der Waals surface area contributed by atoms with Crippen LogP contribution in [0.3, 0.4) is 0 Å². The molecule has 0 unspecified atom stereocenters. The van der Waals surface area contributed by atoms with Crippen LogP contribution >= 0.6 is 0 Å². The van der Waals surface area contributed by atoms with Gasteiger partial charge in [-0.05, 0) is 17.7 Å². The molecule has 19 heavy (non-hydrogen) atoms. The van der Waals surface area contributed by atoms with E-state index < -0.39 is 17.3 Å². The van der Waals surface area contributed by atoms with Crippen molar-refractivity contribution in [2.45, 2.75) is 6.54 Å². The van der Waals surface area contributed by atoms with Crippen LogP contribution in [0.2, 0.25) is 0 Å². The van der Waals surface area contributed by atoms with Crippen LogP contribution in [-0.4, -0.2) is 11.1 Å². The summed E-state index contributed by atoms with van der Waals surface area (Å²) >= 11 is 0. The molecule has 0 heterocycles. The van der Waals surface area contributed by atoms with Gasteiger partial charge in [0.25, 0.3) is 0 Å². The zero-order chi connectivity index (χ0) is 13.8. The van der Waals surface area contributed by atoms with E-state index in [1.165, 1.54) is 0 Å².